The third-order valence-electron chi connectivity index (χ3n) is 2.81. The van der Waals surface area contributed by atoms with Crippen molar-refractivity contribution in [3.63, 3.8) is 0 Å². The Labute approximate surface area is 111 Å². The van der Waals surface area contributed by atoms with E-state index in [9.17, 15) is 4.79 Å². The minimum atomic E-state index is -0.182. The van der Waals surface area contributed by atoms with Crippen LogP contribution in [0.4, 0.5) is 5.95 Å². The number of benzene rings is 1. The summed E-state index contributed by atoms with van der Waals surface area (Å²) in [5.41, 5.74) is 8.26. The minimum Gasteiger partial charge on any atom is -0.368 e. The predicted molar refractivity (Wildman–Crippen MR) is 73.5 cm³/mol. The number of rotatable bonds is 3. The van der Waals surface area contributed by atoms with Gasteiger partial charge in [0.05, 0.1) is 17.0 Å². The first-order valence-electron chi connectivity index (χ1n) is 6.01. The van der Waals surface area contributed by atoms with E-state index in [0.29, 0.717) is 23.5 Å². The number of aromatic nitrogens is 2. The standard InChI is InChI=1S/C14H16N4O/c1-9-12(10(2)18-14(15)17-9)13(19)16-8-11-6-4-3-5-7-11/h3-7H,8H2,1-2H3,(H,16,19)(H2,15,17,18). The molecule has 1 heterocycles. The summed E-state index contributed by atoms with van der Waals surface area (Å²) in [6.45, 7) is 3.98. The Balaban J connectivity index is 2.13. The molecule has 2 rings (SSSR count). The second kappa shape index (κ2) is 5.48. The van der Waals surface area contributed by atoms with Crippen molar-refractivity contribution in [1.29, 1.82) is 0 Å². The highest BCUT2D eigenvalue weighted by molar-refractivity contribution is 5.96. The molecule has 0 bridgehead atoms. The summed E-state index contributed by atoms with van der Waals surface area (Å²) in [4.78, 5) is 20.2. The van der Waals surface area contributed by atoms with E-state index in [-0.39, 0.29) is 11.9 Å². The maximum atomic E-state index is 12.1. The van der Waals surface area contributed by atoms with Gasteiger partial charge in [0, 0.05) is 6.54 Å². The normalized spacial score (nSPS) is 10.2. The van der Waals surface area contributed by atoms with Gasteiger partial charge in [-0.25, -0.2) is 9.97 Å². The topological polar surface area (TPSA) is 80.9 Å². The van der Waals surface area contributed by atoms with Gasteiger partial charge in [0.1, 0.15) is 0 Å². The predicted octanol–water partition coefficient (Wildman–Crippen LogP) is 1.61. The van der Waals surface area contributed by atoms with Gasteiger partial charge in [-0.1, -0.05) is 30.3 Å². The average molecular weight is 256 g/mol. The van der Waals surface area contributed by atoms with E-state index in [1.54, 1.807) is 13.8 Å². The molecule has 3 N–H and O–H groups in total. The van der Waals surface area contributed by atoms with Crippen LogP contribution in [0, 0.1) is 13.8 Å². The van der Waals surface area contributed by atoms with Crippen molar-refractivity contribution in [2.45, 2.75) is 20.4 Å². The summed E-state index contributed by atoms with van der Waals surface area (Å²) in [5.74, 6) is 0.00784. The van der Waals surface area contributed by atoms with Crippen molar-refractivity contribution in [2.75, 3.05) is 5.73 Å². The molecule has 1 amide bonds. The summed E-state index contributed by atoms with van der Waals surface area (Å²) >= 11 is 0. The van der Waals surface area contributed by atoms with Crippen molar-refractivity contribution in [1.82, 2.24) is 15.3 Å². The van der Waals surface area contributed by atoms with Crippen LogP contribution in [0.1, 0.15) is 27.3 Å². The molecule has 0 atom stereocenters. The van der Waals surface area contributed by atoms with E-state index in [0.717, 1.165) is 5.56 Å². The zero-order valence-corrected chi connectivity index (χ0v) is 11.0. The summed E-state index contributed by atoms with van der Waals surface area (Å²) in [6, 6.07) is 9.72. The first-order valence-corrected chi connectivity index (χ1v) is 6.01. The number of carbonyl (C=O) groups is 1. The number of nitrogens with zero attached hydrogens (tertiary/aromatic N) is 2. The molecule has 5 heteroatoms. The Kier molecular flexibility index (Phi) is 3.75. The zero-order valence-electron chi connectivity index (χ0n) is 11.0. The fourth-order valence-corrected chi connectivity index (χ4v) is 1.94. The number of nitrogens with one attached hydrogen (secondary N) is 1. The number of anilines is 1. The first kappa shape index (κ1) is 13.0. The second-order valence-electron chi connectivity index (χ2n) is 4.30. The largest absolute Gasteiger partial charge is 0.368 e. The lowest BCUT2D eigenvalue weighted by atomic mass is 10.1. The van der Waals surface area contributed by atoms with Crippen LogP contribution in [-0.2, 0) is 6.54 Å². The lowest BCUT2D eigenvalue weighted by Gasteiger charge is -2.10. The molecule has 0 fully saturated rings. The van der Waals surface area contributed by atoms with Crippen molar-refractivity contribution in [3.05, 3.63) is 52.8 Å². The Morgan fingerprint density at radius 1 is 1.16 bits per heavy atom. The van der Waals surface area contributed by atoms with Crippen LogP contribution < -0.4 is 11.1 Å². The van der Waals surface area contributed by atoms with Gasteiger partial charge in [0.25, 0.3) is 5.91 Å². The molecule has 0 saturated heterocycles. The number of hydrogen-bond donors (Lipinski definition) is 2. The zero-order chi connectivity index (χ0) is 13.8. The quantitative estimate of drug-likeness (QED) is 0.874. The molecule has 0 aliphatic rings. The molecule has 2 aromatic rings. The maximum absolute atomic E-state index is 12.1. The van der Waals surface area contributed by atoms with Gasteiger partial charge in [0.15, 0.2) is 0 Å². The van der Waals surface area contributed by atoms with Crippen LogP contribution in [0.3, 0.4) is 0 Å². The van der Waals surface area contributed by atoms with E-state index in [4.69, 9.17) is 5.73 Å². The molecule has 1 aromatic carbocycles. The van der Waals surface area contributed by atoms with E-state index >= 15 is 0 Å². The van der Waals surface area contributed by atoms with E-state index < -0.39 is 0 Å². The molecule has 0 aliphatic carbocycles. The number of nitrogen functional groups attached to an aromatic ring is 1. The van der Waals surface area contributed by atoms with E-state index in [1.807, 2.05) is 30.3 Å². The highest BCUT2D eigenvalue weighted by atomic mass is 16.1. The number of aryl methyl sites for hydroxylation is 2. The van der Waals surface area contributed by atoms with Gasteiger partial charge >= 0.3 is 0 Å². The van der Waals surface area contributed by atoms with Crippen LogP contribution in [0.2, 0.25) is 0 Å². The average Bonchev–Trinajstić information content (AvgIpc) is 2.36. The van der Waals surface area contributed by atoms with Crippen LogP contribution >= 0.6 is 0 Å². The Morgan fingerprint density at radius 3 is 2.32 bits per heavy atom. The molecule has 19 heavy (non-hydrogen) atoms. The van der Waals surface area contributed by atoms with Gasteiger partial charge in [-0.2, -0.15) is 0 Å². The molecular weight excluding hydrogens is 240 g/mol. The van der Waals surface area contributed by atoms with Crippen molar-refractivity contribution >= 4 is 11.9 Å². The van der Waals surface area contributed by atoms with E-state index in [1.165, 1.54) is 0 Å². The summed E-state index contributed by atoms with van der Waals surface area (Å²) < 4.78 is 0. The van der Waals surface area contributed by atoms with Gasteiger partial charge < -0.3 is 11.1 Å². The molecule has 0 saturated carbocycles. The van der Waals surface area contributed by atoms with Crippen LogP contribution in [0.5, 0.6) is 0 Å². The summed E-state index contributed by atoms with van der Waals surface area (Å²) in [6.07, 6.45) is 0. The number of hydrogen-bond acceptors (Lipinski definition) is 4. The summed E-state index contributed by atoms with van der Waals surface area (Å²) in [7, 11) is 0. The van der Waals surface area contributed by atoms with Gasteiger partial charge in [0.2, 0.25) is 5.95 Å². The van der Waals surface area contributed by atoms with Crippen molar-refractivity contribution < 1.29 is 4.79 Å². The third-order valence-corrected chi connectivity index (χ3v) is 2.81. The van der Waals surface area contributed by atoms with Gasteiger partial charge in [-0.15, -0.1) is 0 Å². The van der Waals surface area contributed by atoms with Crippen molar-refractivity contribution in [2.24, 2.45) is 0 Å². The number of carbonyl (C=O) groups excluding carboxylic acids is 1. The molecule has 98 valence electrons. The summed E-state index contributed by atoms with van der Waals surface area (Å²) in [5, 5.41) is 2.86. The van der Waals surface area contributed by atoms with Gasteiger partial charge in [-0.05, 0) is 19.4 Å². The monoisotopic (exact) mass is 256 g/mol. The second-order valence-corrected chi connectivity index (χ2v) is 4.30. The van der Waals surface area contributed by atoms with Crippen LogP contribution in [0.15, 0.2) is 30.3 Å². The Hall–Kier alpha value is -2.43. The third kappa shape index (κ3) is 3.07. The molecule has 0 spiro atoms. The highest BCUT2D eigenvalue weighted by Crippen LogP contribution is 2.11. The van der Waals surface area contributed by atoms with Crippen LogP contribution in [0.25, 0.3) is 0 Å². The number of nitrogens with two attached hydrogens (primary N) is 1. The Bertz CT molecular complexity index is 573. The van der Waals surface area contributed by atoms with Crippen LogP contribution in [-0.4, -0.2) is 15.9 Å². The smallest absolute Gasteiger partial charge is 0.255 e. The molecule has 0 aliphatic heterocycles. The molecule has 0 unspecified atom stereocenters. The van der Waals surface area contributed by atoms with Gasteiger partial charge in [-0.3, -0.25) is 4.79 Å². The minimum absolute atomic E-state index is 0.182. The van der Waals surface area contributed by atoms with E-state index in [2.05, 4.69) is 15.3 Å². The fourth-order valence-electron chi connectivity index (χ4n) is 1.94. The molecule has 1 aromatic heterocycles. The number of amides is 1. The molecule has 5 nitrogen and oxygen atoms in total. The molecular formula is C14H16N4O. The SMILES string of the molecule is Cc1nc(N)nc(C)c1C(=O)NCc1ccccc1. The fraction of sp³-hybridized carbons (Fsp3) is 0.214. The van der Waals surface area contributed by atoms with Crippen molar-refractivity contribution in [3.8, 4) is 0 Å². The highest BCUT2D eigenvalue weighted by Gasteiger charge is 2.14. The Morgan fingerprint density at radius 2 is 1.74 bits per heavy atom. The maximum Gasteiger partial charge on any atom is 0.255 e. The lowest BCUT2D eigenvalue weighted by Crippen LogP contribution is -2.25. The molecule has 0 radical (unpaired) electrons. The lowest BCUT2D eigenvalue weighted by molar-refractivity contribution is 0.0949. The first-order chi connectivity index (χ1) is 9.08.